The number of carbonyl (C=O) groups excluding carboxylic acids is 3. The van der Waals surface area contributed by atoms with Crippen LogP contribution in [0, 0.1) is 0 Å². The van der Waals surface area contributed by atoms with E-state index in [1.807, 2.05) is 30.3 Å². The number of nitrogens with zero attached hydrogens (tertiary/aromatic N) is 3. The van der Waals surface area contributed by atoms with Gasteiger partial charge in [-0.1, -0.05) is 34.1 Å². The molecule has 2 aromatic rings. The lowest BCUT2D eigenvalue weighted by atomic mass is 10.2. The number of phenols is 1. The third kappa shape index (κ3) is 4.77. The zero-order valence-corrected chi connectivity index (χ0v) is 18.9. The van der Waals surface area contributed by atoms with Crippen molar-refractivity contribution in [3.63, 3.8) is 0 Å². The molecule has 0 radical (unpaired) electrons. The van der Waals surface area contributed by atoms with Crippen LogP contribution >= 0.6 is 27.7 Å². The Bertz CT molecular complexity index is 1050. The number of carbonyl (C=O) groups is 3. The van der Waals surface area contributed by atoms with Crippen LogP contribution < -0.4 is 4.90 Å². The van der Waals surface area contributed by atoms with E-state index in [0.717, 1.165) is 26.8 Å². The van der Waals surface area contributed by atoms with E-state index >= 15 is 0 Å². The maximum Gasteiger partial charge on any atom is 0.294 e. The minimum Gasteiger partial charge on any atom is -0.507 e. The molecule has 4 rings (SSSR count). The maximum atomic E-state index is 12.7. The molecular weight excluding hydrogens is 482 g/mol. The van der Waals surface area contributed by atoms with Gasteiger partial charge in [-0.2, -0.15) is 0 Å². The highest BCUT2D eigenvalue weighted by atomic mass is 79.9. The first-order chi connectivity index (χ1) is 14.9. The summed E-state index contributed by atoms with van der Waals surface area (Å²) in [5, 5.41) is 9.50. The molecule has 0 unspecified atom stereocenters. The zero-order chi connectivity index (χ0) is 22.0. The number of aromatic hydroxyl groups is 1. The van der Waals surface area contributed by atoms with Crippen LogP contribution in [0.3, 0.4) is 0 Å². The molecule has 160 valence electrons. The van der Waals surface area contributed by atoms with Crippen LogP contribution in [0.2, 0.25) is 0 Å². The van der Waals surface area contributed by atoms with Gasteiger partial charge in [0.25, 0.3) is 11.1 Å². The Hall–Kier alpha value is -2.78. The van der Waals surface area contributed by atoms with Gasteiger partial charge < -0.3 is 14.9 Å². The first kappa shape index (κ1) is 21.5. The number of amides is 3. The summed E-state index contributed by atoms with van der Waals surface area (Å²) in [4.78, 5) is 42.9. The molecule has 0 spiro atoms. The van der Waals surface area contributed by atoms with Gasteiger partial charge in [0.15, 0.2) is 0 Å². The summed E-state index contributed by atoms with van der Waals surface area (Å²) < 4.78 is 0.737. The smallest absolute Gasteiger partial charge is 0.294 e. The van der Waals surface area contributed by atoms with Gasteiger partial charge in [-0.15, -0.1) is 0 Å². The summed E-state index contributed by atoms with van der Waals surface area (Å²) in [6.07, 6.45) is 1.47. The van der Waals surface area contributed by atoms with Crippen molar-refractivity contribution in [1.29, 1.82) is 0 Å². The first-order valence-electron chi connectivity index (χ1n) is 9.74. The van der Waals surface area contributed by atoms with Crippen molar-refractivity contribution in [2.24, 2.45) is 0 Å². The average molecular weight is 502 g/mol. The van der Waals surface area contributed by atoms with Crippen LogP contribution in [-0.4, -0.2) is 64.7 Å². The van der Waals surface area contributed by atoms with E-state index in [1.54, 1.807) is 17.0 Å². The van der Waals surface area contributed by atoms with E-state index in [-0.39, 0.29) is 23.1 Å². The highest BCUT2D eigenvalue weighted by Gasteiger charge is 2.37. The molecule has 2 aliphatic heterocycles. The number of imide groups is 1. The van der Waals surface area contributed by atoms with E-state index in [9.17, 15) is 19.5 Å². The predicted octanol–water partition coefficient (Wildman–Crippen LogP) is 3.54. The first-order valence-corrected chi connectivity index (χ1v) is 11.3. The van der Waals surface area contributed by atoms with E-state index in [1.165, 1.54) is 12.1 Å². The van der Waals surface area contributed by atoms with Gasteiger partial charge in [0, 0.05) is 41.9 Å². The number of benzene rings is 2. The van der Waals surface area contributed by atoms with E-state index in [2.05, 4.69) is 20.8 Å². The van der Waals surface area contributed by atoms with Crippen LogP contribution in [0.5, 0.6) is 5.75 Å². The standard InChI is InChI=1S/C22H20BrN3O4S/c23-16-6-7-18(27)15(12-16)13-19-21(29)26(22(30)31-19)14-20(28)25-10-8-24(9-11-25)17-4-2-1-3-5-17/h1-7,12-13,27H,8-11,14H2/b19-13+. The average Bonchev–Trinajstić information content (AvgIpc) is 3.04. The van der Waals surface area contributed by atoms with Crippen LogP contribution in [0.4, 0.5) is 10.5 Å². The number of rotatable bonds is 4. The Labute approximate surface area is 192 Å². The van der Waals surface area contributed by atoms with Gasteiger partial charge >= 0.3 is 0 Å². The van der Waals surface area contributed by atoms with Gasteiger partial charge in [-0.25, -0.2) is 0 Å². The Morgan fingerprint density at radius 2 is 1.77 bits per heavy atom. The highest BCUT2D eigenvalue weighted by Crippen LogP contribution is 2.34. The topological polar surface area (TPSA) is 81.2 Å². The Morgan fingerprint density at radius 1 is 1.06 bits per heavy atom. The number of para-hydroxylation sites is 1. The Balaban J connectivity index is 1.39. The lowest BCUT2D eigenvalue weighted by Gasteiger charge is -2.36. The molecule has 2 saturated heterocycles. The largest absolute Gasteiger partial charge is 0.507 e. The second-order valence-corrected chi connectivity index (χ2v) is 9.08. The van der Waals surface area contributed by atoms with E-state index < -0.39 is 11.1 Å². The number of hydrogen-bond acceptors (Lipinski definition) is 6. The molecule has 0 bridgehead atoms. The minimum absolute atomic E-state index is 0.00219. The number of thioether (sulfide) groups is 1. The van der Waals surface area contributed by atoms with Crippen molar-refractivity contribution in [2.75, 3.05) is 37.6 Å². The molecular formula is C22H20BrN3O4S. The van der Waals surface area contributed by atoms with Crippen LogP contribution in [-0.2, 0) is 9.59 Å². The van der Waals surface area contributed by atoms with Crippen molar-refractivity contribution >= 4 is 56.5 Å². The lowest BCUT2D eigenvalue weighted by molar-refractivity contribution is -0.136. The summed E-state index contributed by atoms with van der Waals surface area (Å²) in [6.45, 7) is 2.18. The van der Waals surface area contributed by atoms with Crippen LogP contribution in [0.15, 0.2) is 57.9 Å². The van der Waals surface area contributed by atoms with Crippen molar-refractivity contribution in [1.82, 2.24) is 9.80 Å². The van der Waals surface area contributed by atoms with E-state index in [4.69, 9.17) is 0 Å². The second-order valence-electron chi connectivity index (χ2n) is 7.17. The monoisotopic (exact) mass is 501 g/mol. The molecule has 0 aliphatic carbocycles. The van der Waals surface area contributed by atoms with Crippen molar-refractivity contribution < 1.29 is 19.5 Å². The fourth-order valence-electron chi connectivity index (χ4n) is 3.51. The summed E-state index contributed by atoms with van der Waals surface area (Å²) in [7, 11) is 0. The third-order valence-corrected chi connectivity index (χ3v) is 6.60. The van der Waals surface area contributed by atoms with Gasteiger partial charge in [-0.3, -0.25) is 19.3 Å². The molecule has 3 amide bonds. The third-order valence-electron chi connectivity index (χ3n) is 5.20. The van der Waals surface area contributed by atoms with Gasteiger partial charge in [0.2, 0.25) is 5.91 Å². The Morgan fingerprint density at radius 3 is 2.48 bits per heavy atom. The van der Waals surface area contributed by atoms with Crippen LogP contribution in [0.25, 0.3) is 6.08 Å². The summed E-state index contributed by atoms with van der Waals surface area (Å²) in [5.41, 5.74) is 1.53. The molecule has 0 atom stereocenters. The summed E-state index contributed by atoms with van der Waals surface area (Å²) in [5.74, 6) is -0.769. The van der Waals surface area contributed by atoms with Gasteiger partial charge in [0.05, 0.1) is 4.91 Å². The SMILES string of the molecule is O=C(CN1C(=O)S/C(=C/c2cc(Br)ccc2O)C1=O)N1CCN(c2ccccc2)CC1. The lowest BCUT2D eigenvalue weighted by Crippen LogP contribution is -2.51. The fourth-order valence-corrected chi connectivity index (χ4v) is 4.71. The molecule has 31 heavy (non-hydrogen) atoms. The number of piperazine rings is 1. The molecule has 7 nitrogen and oxygen atoms in total. The quantitative estimate of drug-likeness (QED) is 0.645. The summed E-state index contributed by atoms with van der Waals surface area (Å²) >= 11 is 4.09. The number of anilines is 1. The maximum absolute atomic E-state index is 12.7. The Kier molecular flexibility index (Phi) is 6.33. The van der Waals surface area contributed by atoms with Crippen molar-refractivity contribution in [3.05, 3.63) is 63.5 Å². The number of phenolic OH excluding ortho intramolecular Hbond substituents is 1. The zero-order valence-electron chi connectivity index (χ0n) is 16.5. The number of hydrogen-bond donors (Lipinski definition) is 1. The van der Waals surface area contributed by atoms with Crippen molar-refractivity contribution in [3.8, 4) is 5.75 Å². The molecule has 0 aromatic heterocycles. The molecule has 2 fully saturated rings. The van der Waals surface area contributed by atoms with Crippen LogP contribution in [0.1, 0.15) is 5.56 Å². The normalized spacial score (nSPS) is 18.2. The predicted molar refractivity (Wildman–Crippen MR) is 124 cm³/mol. The highest BCUT2D eigenvalue weighted by molar-refractivity contribution is 9.10. The molecule has 0 saturated carbocycles. The fraction of sp³-hybridized carbons (Fsp3) is 0.227. The molecule has 1 N–H and O–H groups in total. The molecule has 2 heterocycles. The summed E-state index contributed by atoms with van der Waals surface area (Å²) in [6, 6.07) is 14.8. The van der Waals surface area contributed by atoms with Gasteiger partial charge in [-0.05, 0) is 48.2 Å². The molecule has 9 heteroatoms. The second kappa shape index (κ2) is 9.15. The molecule has 2 aromatic carbocycles. The van der Waals surface area contributed by atoms with E-state index in [0.29, 0.717) is 31.7 Å². The molecule has 2 aliphatic rings. The van der Waals surface area contributed by atoms with Gasteiger partial charge in [0.1, 0.15) is 12.3 Å². The number of halogens is 1. The minimum atomic E-state index is -0.523. The van der Waals surface area contributed by atoms with Crippen molar-refractivity contribution in [2.45, 2.75) is 0 Å².